The van der Waals surface area contributed by atoms with Gasteiger partial charge in [-0.15, -0.1) is 0 Å². The van der Waals surface area contributed by atoms with Crippen molar-refractivity contribution in [2.75, 3.05) is 0 Å². The van der Waals surface area contributed by atoms with Crippen LogP contribution in [0, 0.1) is 13.8 Å². The molecule has 1 aromatic rings. The molecule has 176 valence electrons. The number of fused-ring (bicyclic) bond motifs is 2. The van der Waals surface area contributed by atoms with Crippen molar-refractivity contribution in [2.24, 2.45) is 0 Å². The van der Waals surface area contributed by atoms with Gasteiger partial charge in [-0.1, -0.05) is 0 Å². The molecule has 2 aliphatic rings. The topological polar surface area (TPSA) is 0 Å². The molecule has 3 rings (SSSR count). The molecule has 0 unspecified atom stereocenters. The maximum absolute atomic E-state index is 7.58. The van der Waals surface area contributed by atoms with Crippen LogP contribution in [0.15, 0.2) is 11.1 Å². The van der Waals surface area contributed by atoms with E-state index in [1.165, 1.54) is 43.8 Å². The van der Waals surface area contributed by atoms with Crippen LogP contribution in [0.4, 0.5) is 0 Å². The Labute approximate surface area is 210 Å². The molecule has 0 bridgehead atoms. The monoisotopic (exact) mass is 596 g/mol. The molecule has 0 radical (unpaired) electrons. The van der Waals surface area contributed by atoms with Crippen LogP contribution in [0.2, 0.25) is 21.0 Å². The van der Waals surface area contributed by atoms with E-state index in [1.807, 2.05) is 0 Å². The van der Waals surface area contributed by atoms with E-state index in [9.17, 15) is 0 Å². The molecular weight excluding hydrogens is 552 g/mol. The van der Waals surface area contributed by atoms with E-state index in [0.717, 1.165) is 33.9 Å². The number of allylic oxidation sites excluding steroid dienone is 4. The first-order valence-corrected chi connectivity index (χ1v) is 26.3. The Bertz CT molecular complexity index is 1050. The van der Waals surface area contributed by atoms with Gasteiger partial charge in [0.05, 0.1) is 0 Å². The molecular formula is C28H42Cl2Ge2. The predicted octanol–water partition coefficient (Wildman–Crippen LogP) is 8.53. The van der Waals surface area contributed by atoms with Gasteiger partial charge in [-0.25, -0.2) is 0 Å². The van der Waals surface area contributed by atoms with Crippen molar-refractivity contribution in [3.05, 3.63) is 43.8 Å². The van der Waals surface area contributed by atoms with Crippen molar-refractivity contribution in [1.29, 1.82) is 0 Å². The molecule has 0 spiro atoms. The van der Waals surface area contributed by atoms with Gasteiger partial charge in [0.1, 0.15) is 0 Å². The Morgan fingerprint density at radius 2 is 0.812 bits per heavy atom. The van der Waals surface area contributed by atoms with Gasteiger partial charge in [0.2, 0.25) is 0 Å². The summed E-state index contributed by atoms with van der Waals surface area (Å²) in [6.07, 6.45) is 2.15. The average Bonchev–Trinajstić information content (AvgIpc) is 3.28. The van der Waals surface area contributed by atoms with E-state index in [1.54, 1.807) is 20.0 Å². The fourth-order valence-electron chi connectivity index (χ4n) is 6.62. The zero-order chi connectivity index (χ0) is 24.2. The SMILES string of the molecule is CCC1=C(C)c2c(C)c3c(c(C)c2=[C]1[Ge]([Cl])([CH2]C)[CH2]C)C(C)=C(CC)[C]=3[Ge]([Cl])([CH2]C)[CH2]C. The van der Waals surface area contributed by atoms with Crippen LogP contribution in [0.25, 0.3) is 20.0 Å². The van der Waals surface area contributed by atoms with Gasteiger partial charge < -0.3 is 0 Å². The second-order valence-corrected chi connectivity index (χ2v) is 33.4. The summed E-state index contributed by atoms with van der Waals surface area (Å²) in [7, 11) is 15.2. The molecule has 0 amide bonds. The first-order chi connectivity index (χ1) is 15.0. The minimum atomic E-state index is -2.66. The van der Waals surface area contributed by atoms with Gasteiger partial charge in [0.25, 0.3) is 0 Å². The standard InChI is InChI=1S/C28H42Cl2Ge2/c1-11-21-17(7)23-19(9)26-24(20(10)25(23)27(21)31(29,13-3)14-4)18(8)22(12-2)28(26)32(30,15-5)16-6/h11-16H2,1-10H3. The van der Waals surface area contributed by atoms with Crippen molar-refractivity contribution < 1.29 is 0 Å². The van der Waals surface area contributed by atoms with Crippen molar-refractivity contribution in [1.82, 2.24) is 0 Å². The summed E-state index contributed by atoms with van der Waals surface area (Å²) >= 11 is -5.32. The molecule has 1 aromatic carbocycles. The van der Waals surface area contributed by atoms with Crippen LogP contribution in [-0.2, 0) is 0 Å². The van der Waals surface area contributed by atoms with Crippen molar-refractivity contribution in [3.63, 3.8) is 0 Å². The summed E-state index contributed by atoms with van der Waals surface area (Å²) < 4.78 is 3.19. The van der Waals surface area contributed by atoms with Crippen molar-refractivity contribution >= 4 is 64.7 Å². The van der Waals surface area contributed by atoms with Gasteiger partial charge in [0, 0.05) is 0 Å². The Morgan fingerprint density at radius 1 is 0.531 bits per heavy atom. The third kappa shape index (κ3) is 3.61. The molecule has 4 heteroatoms. The van der Waals surface area contributed by atoms with Crippen molar-refractivity contribution in [3.8, 4) is 0 Å². The summed E-state index contributed by atoms with van der Waals surface area (Å²) in [5.74, 6) is 0. The van der Waals surface area contributed by atoms with Crippen molar-refractivity contribution in [2.45, 2.75) is 103 Å². The van der Waals surface area contributed by atoms with E-state index >= 15 is 0 Å². The van der Waals surface area contributed by atoms with E-state index < -0.39 is 24.7 Å². The van der Waals surface area contributed by atoms with Crippen LogP contribution >= 0.6 is 20.0 Å². The third-order valence-electron chi connectivity index (χ3n) is 8.60. The number of hydrogen-bond donors (Lipinski definition) is 0. The number of halogens is 2. The molecule has 0 aliphatic heterocycles. The Hall–Kier alpha value is 0.106. The fraction of sp³-hybridized carbons (Fsp3) is 0.571. The minimum absolute atomic E-state index is 1.08. The summed E-state index contributed by atoms with van der Waals surface area (Å²) in [5, 5.41) is 7.58. The molecule has 0 N–H and O–H groups in total. The van der Waals surface area contributed by atoms with Crippen LogP contribution < -0.4 is 10.4 Å². The summed E-state index contributed by atoms with van der Waals surface area (Å²) in [4.78, 5) is 0. The van der Waals surface area contributed by atoms with Gasteiger partial charge in [-0.05, 0) is 0 Å². The molecule has 0 heterocycles. The number of hydrogen-bond acceptors (Lipinski definition) is 0. The second kappa shape index (κ2) is 9.63. The molecule has 0 aromatic heterocycles. The maximum atomic E-state index is 7.58. The first kappa shape index (κ1) is 26.7. The quantitative estimate of drug-likeness (QED) is 0.265. The average molecular weight is 595 g/mol. The van der Waals surface area contributed by atoms with Gasteiger partial charge in [-0.2, -0.15) is 0 Å². The zero-order valence-corrected chi connectivity index (χ0v) is 27.7. The van der Waals surface area contributed by atoms with Crippen LogP contribution in [0.3, 0.4) is 0 Å². The van der Waals surface area contributed by atoms with Crippen LogP contribution in [0.5, 0.6) is 0 Å². The fourth-order valence-corrected chi connectivity index (χ4v) is 20.8. The molecule has 0 saturated heterocycles. The Balaban J connectivity index is 2.68. The summed E-state index contributed by atoms with van der Waals surface area (Å²) in [5.41, 5.74) is 12.0. The van der Waals surface area contributed by atoms with Gasteiger partial charge in [-0.3, -0.25) is 0 Å². The summed E-state index contributed by atoms with van der Waals surface area (Å²) in [6, 6.07) is 0. The van der Waals surface area contributed by atoms with Crippen LogP contribution in [0.1, 0.15) is 90.5 Å². The Kier molecular flexibility index (Phi) is 8.04. The van der Waals surface area contributed by atoms with E-state index in [4.69, 9.17) is 20.0 Å². The van der Waals surface area contributed by atoms with E-state index in [-0.39, 0.29) is 0 Å². The van der Waals surface area contributed by atoms with E-state index in [0.29, 0.717) is 0 Å². The van der Waals surface area contributed by atoms with E-state index in [2.05, 4.69) is 69.2 Å². The zero-order valence-electron chi connectivity index (χ0n) is 22.0. The first-order valence-electron chi connectivity index (χ1n) is 12.7. The van der Waals surface area contributed by atoms with Gasteiger partial charge in [0.15, 0.2) is 0 Å². The Morgan fingerprint density at radius 3 is 1.03 bits per heavy atom. The molecule has 0 fully saturated rings. The molecule has 0 atom stereocenters. The predicted molar refractivity (Wildman–Crippen MR) is 153 cm³/mol. The normalized spacial score (nSPS) is 16.5. The molecule has 0 saturated carbocycles. The number of rotatable bonds is 8. The third-order valence-corrected chi connectivity index (χ3v) is 31.6. The molecule has 0 nitrogen and oxygen atoms in total. The van der Waals surface area contributed by atoms with Crippen LogP contribution in [-0.4, -0.2) is 24.7 Å². The second-order valence-electron chi connectivity index (χ2n) is 9.76. The van der Waals surface area contributed by atoms with Gasteiger partial charge >= 0.3 is 212 Å². The molecule has 2 aliphatic carbocycles. The number of benzene rings is 1. The summed E-state index contributed by atoms with van der Waals surface area (Å²) in [6.45, 7) is 23.4. The molecule has 32 heavy (non-hydrogen) atoms.